The molecule has 0 aromatic heterocycles. The van der Waals surface area contributed by atoms with Gasteiger partial charge in [0.05, 0.1) is 19.0 Å². The van der Waals surface area contributed by atoms with Gasteiger partial charge in [0, 0.05) is 6.42 Å². The largest absolute Gasteiger partial charge is 0.617 e. The van der Waals surface area contributed by atoms with Gasteiger partial charge < -0.3 is 14.8 Å². The lowest BCUT2D eigenvalue weighted by Gasteiger charge is -2.07. The summed E-state index contributed by atoms with van der Waals surface area (Å²) in [5.41, 5.74) is 0. The standard InChI is InChI=1S/C5H12O3S/c1-9(8)3-2-5(7)4-6/h5-7H,2-4H2,1H3. The second-order valence-corrected chi connectivity index (χ2v) is 3.46. The molecule has 0 amide bonds. The molecule has 4 heteroatoms. The summed E-state index contributed by atoms with van der Waals surface area (Å²) < 4.78 is 10.4. The first-order valence-corrected chi connectivity index (χ1v) is 4.48. The van der Waals surface area contributed by atoms with Crippen LogP contribution in [0.4, 0.5) is 0 Å². The molecule has 0 rings (SSSR count). The molecule has 0 aliphatic rings. The molecule has 0 fully saturated rings. The van der Waals surface area contributed by atoms with E-state index in [2.05, 4.69) is 0 Å². The van der Waals surface area contributed by atoms with E-state index in [1.54, 1.807) is 6.26 Å². The Hall–Kier alpha value is 0.230. The normalized spacial score (nSPS) is 17.3. The molecule has 0 bridgehead atoms. The van der Waals surface area contributed by atoms with Crippen LogP contribution in [0.2, 0.25) is 0 Å². The van der Waals surface area contributed by atoms with E-state index in [9.17, 15) is 4.55 Å². The zero-order valence-corrected chi connectivity index (χ0v) is 6.23. The SMILES string of the molecule is C[S+]([O-])CCC(O)CO. The minimum absolute atomic E-state index is 0.239. The molecule has 3 nitrogen and oxygen atoms in total. The molecule has 2 N–H and O–H groups in total. The fourth-order valence-electron chi connectivity index (χ4n) is 0.393. The van der Waals surface area contributed by atoms with Crippen molar-refractivity contribution in [3.8, 4) is 0 Å². The fraction of sp³-hybridized carbons (Fsp3) is 1.00. The zero-order chi connectivity index (χ0) is 7.28. The first-order valence-electron chi connectivity index (χ1n) is 2.75. The Morgan fingerprint density at radius 1 is 1.67 bits per heavy atom. The minimum Gasteiger partial charge on any atom is -0.617 e. The number of hydrogen-bond acceptors (Lipinski definition) is 3. The molecule has 9 heavy (non-hydrogen) atoms. The van der Waals surface area contributed by atoms with Gasteiger partial charge >= 0.3 is 0 Å². The van der Waals surface area contributed by atoms with Gasteiger partial charge in [-0.15, -0.1) is 0 Å². The monoisotopic (exact) mass is 152 g/mol. The van der Waals surface area contributed by atoms with Crippen molar-refractivity contribution in [2.75, 3.05) is 18.6 Å². The molecule has 2 unspecified atom stereocenters. The lowest BCUT2D eigenvalue weighted by molar-refractivity contribution is 0.0929. The molecule has 0 heterocycles. The van der Waals surface area contributed by atoms with Crippen LogP contribution in [0.15, 0.2) is 0 Å². The van der Waals surface area contributed by atoms with Crippen LogP contribution in [0.1, 0.15) is 6.42 Å². The molecule has 0 aliphatic heterocycles. The van der Waals surface area contributed by atoms with Crippen LogP contribution in [0.5, 0.6) is 0 Å². The Labute approximate surface area is 57.9 Å². The maximum absolute atomic E-state index is 10.4. The van der Waals surface area contributed by atoms with Gasteiger partial charge in [0.2, 0.25) is 0 Å². The molecule has 0 saturated heterocycles. The molecule has 56 valence electrons. The highest BCUT2D eigenvalue weighted by Crippen LogP contribution is 1.93. The average Bonchev–Trinajstić information content (AvgIpc) is 1.83. The van der Waals surface area contributed by atoms with E-state index in [0.29, 0.717) is 12.2 Å². The summed E-state index contributed by atoms with van der Waals surface area (Å²) in [4.78, 5) is 0. The minimum atomic E-state index is -0.859. The van der Waals surface area contributed by atoms with E-state index in [0.717, 1.165) is 0 Å². The van der Waals surface area contributed by atoms with Crippen molar-refractivity contribution in [1.82, 2.24) is 0 Å². The van der Waals surface area contributed by atoms with E-state index < -0.39 is 17.3 Å². The molecule has 2 atom stereocenters. The van der Waals surface area contributed by atoms with Gasteiger partial charge in [0.1, 0.15) is 5.75 Å². The summed E-state index contributed by atoms with van der Waals surface area (Å²) in [6.45, 7) is -0.239. The predicted octanol–water partition coefficient (Wildman–Crippen LogP) is -0.892. The lowest BCUT2D eigenvalue weighted by Crippen LogP contribution is -2.17. The summed E-state index contributed by atoms with van der Waals surface area (Å²) in [7, 11) is 0. The highest BCUT2D eigenvalue weighted by Gasteiger charge is 2.04. The van der Waals surface area contributed by atoms with Gasteiger partial charge in [0.25, 0.3) is 0 Å². The average molecular weight is 152 g/mol. The van der Waals surface area contributed by atoms with Gasteiger partial charge in [-0.25, -0.2) is 0 Å². The van der Waals surface area contributed by atoms with Gasteiger partial charge in [0.15, 0.2) is 0 Å². The third kappa shape index (κ3) is 6.11. The third-order valence-electron chi connectivity index (χ3n) is 0.949. The predicted molar refractivity (Wildman–Crippen MR) is 36.6 cm³/mol. The molecule has 0 spiro atoms. The van der Waals surface area contributed by atoms with Crippen molar-refractivity contribution >= 4 is 11.2 Å². The Kier molecular flexibility index (Phi) is 5.18. The summed E-state index contributed by atoms with van der Waals surface area (Å²) in [5, 5.41) is 17.0. The van der Waals surface area contributed by atoms with Gasteiger partial charge in [-0.2, -0.15) is 0 Å². The van der Waals surface area contributed by atoms with Crippen LogP contribution < -0.4 is 0 Å². The van der Waals surface area contributed by atoms with Crippen molar-refractivity contribution in [2.45, 2.75) is 12.5 Å². The highest BCUT2D eigenvalue weighted by molar-refractivity contribution is 7.90. The van der Waals surface area contributed by atoms with Crippen molar-refractivity contribution in [1.29, 1.82) is 0 Å². The highest BCUT2D eigenvalue weighted by atomic mass is 32.2. The second-order valence-electron chi connectivity index (χ2n) is 1.90. The van der Waals surface area contributed by atoms with Crippen LogP contribution in [-0.4, -0.2) is 39.5 Å². The summed E-state index contributed by atoms with van der Waals surface area (Å²) in [6.07, 6.45) is 1.29. The number of aliphatic hydroxyl groups excluding tert-OH is 2. The Balaban J connectivity index is 3.06. The fourth-order valence-corrected chi connectivity index (χ4v) is 0.997. The zero-order valence-electron chi connectivity index (χ0n) is 5.41. The summed E-state index contributed by atoms with van der Waals surface area (Å²) in [6, 6.07) is 0. The molecule has 0 aliphatic carbocycles. The number of hydrogen-bond donors (Lipinski definition) is 2. The number of aliphatic hydroxyl groups is 2. The maximum Gasteiger partial charge on any atom is 0.107 e. The van der Waals surface area contributed by atoms with E-state index in [1.807, 2.05) is 0 Å². The molecular weight excluding hydrogens is 140 g/mol. The van der Waals surface area contributed by atoms with Crippen LogP contribution >= 0.6 is 0 Å². The number of rotatable bonds is 4. The van der Waals surface area contributed by atoms with Crippen molar-refractivity contribution < 1.29 is 14.8 Å². The van der Waals surface area contributed by atoms with Gasteiger partial charge in [-0.1, -0.05) is 11.2 Å². The molecule has 0 radical (unpaired) electrons. The van der Waals surface area contributed by atoms with E-state index >= 15 is 0 Å². The van der Waals surface area contributed by atoms with Gasteiger partial charge in [-0.05, 0) is 0 Å². The van der Waals surface area contributed by atoms with Crippen molar-refractivity contribution in [3.63, 3.8) is 0 Å². The quantitative estimate of drug-likeness (QED) is 0.514. The Bertz CT molecular complexity index is 67.2. The molecule has 0 aromatic carbocycles. The first-order chi connectivity index (χ1) is 4.16. The summed E-state index contributed by atoms with van der Waals surface area (Å²) in [5.74, 6) is 0.460. The van der Waals surface area contributed by atoms with E-state index in [4.69, 9.17) is 10.2 Å². The molecule has 0 aromatic rings. The second kappa shape index (κ2) is 5.05. The Morgan fingerprint density at radius 2 is 2.22 bits per heavy atom. The van der Waals surface area contributed by atoms with Crippen LogP contribution in [0.25, 0.3) is 0 Å². The molecule has 0 saturated carbocycles. The molecular formula is C5H12O3S. The van der Waals surface area contributed by atoms with Crippen LogP contribution in [0, 0.1) is 0 Å². The van der Waals surface area contributed by atoms with Crippen molar-refractivity contribution in [3.05, 3.63) is 0 Å². The topological polar surface area (TPSA) is 63.5 Å². The van der Waals surface area contributed by atoms with Crippen LogP contribution in [0.3, 0.4) is 0 Å². The maximum atomic E-state index is 10.4. The summed E-state index contributed by atoms with van der Waals surface area (Å²) >= 11 is -0.859. The smallest absolute Gasteiger partial charge is 0.107 e. The lowest BCUT2D eigenvalue weighted by atomic mass is 10.3. The van der Waals surface area contributed by atoms with Gasteiger partial charge in [-0.3, -0.25) is 0 Å². The van der Waals surface area contributed by atoms with E-state index in [1.165, 1.54) is 0 Å². The first kappa shape index (κ1) is 9.23. The van der Waals surface area contributed by atoms with Crippen molar-refractivity contribution in [2.24, 2.45) is 0 Å². The Morgan fingerprint density at radius 3 is 2.56 bits per heavy atom. The van der Waals surface area contributed by atoms with Crippen LogP contribution in [-0.2, 0) is 11.2 Å². The third-order valence-corrected chi connectivity index (χ3v) is 1.76. The van der Waals surface area contributed by atoms with E-state index in [-0.39, 0.29) is 6.61 Å².